The average Bonchev–Trinajstić information content (AvgIpc) is 2.32. The van der Waals surface area contributed by atoms with Crippen molar-refractivity contribution >= 4 is 16.5 Å². The van der Waals surface area contributed by atoms with Gasteiger partial charge in [-0.1, -0.05) is 13.8 Å². The van der Waals surface area contributed by atoms with E-state index in [1.165, 1.54) is 12.1 Å². The average molecular weight is 269 g/mol. The number of rotatable bonds is 2. The molecule has 0 amide bonds. The first-order chi connectivity index (χ1) is 8.49. The summed E-state index contributed by atoms with van der Waals surface area (Å²) in [5, 5.41) is 0.156. The summed E-state index contributed by atoms with van der Waals surface area (Å²) in [5.41, 5.74) is 6.06. The lowest BCUT2D eigenvalue weighted by atomic mass is 9.81. The van der Waals surface area contributed by atoms with E-state index < -0.39 is 10.8 Å². The van der Waals surface area contributed by atoms with Crippen LogP contribution in [-0.4, -0.2) is 9.46 Å². The van der Waals surface area contributed by atoms with E-state index in [1.54, 1.807) is 6.07 Å². The molecule has 0 saturated heterocycles. The van der Waals surface area contributed by atoms with Crippen molar-refractivity contribution in [1.29, 1.82) is 0 Å². The van der Waals surface area contributed by atoms with Crippen LogP contribution in [0.1, 0.15) is 33.1 Å². The van der Waals surface area contributed by atoms with Gasteiger partial charge in [0.25, 0.3) is 0 Å². The van der Waals surface area contributed by atoms with E-state index in [1.807, 2.05) is 0 Å². The summed E-state index contributed by atoms with van der Waals surface area (Å²) in [6.07, 6.45) is 3.04. The quantitative estimate of drug-likeness (QED) is 0.837. The van der Waals surface area contributed by atoms with Crippen LogP contribution in [0.2, 0.25) is 0 Å². The van der Waals surface area contributed by atoms with Crippen molar-refractivity contribution in [2.24, 2.45) is 11.8 Å². The third-order valence-electron chi connectivity index (χ3n) is 4.04. The van der Waals surface area contributed by atoms with Gasteiger partial charge in [-0.15, -0.1) is 0 Å². The highest BCUT2D eigenvalue weighted by atomic mass is 32.2. The first-order valence-corrected chi connectivity index (χ1v) is 7.66. The van der Waals surface area contributed by atoms with Crippen LogP contribution in [0.15, 0.2) is 23.1 Å². The molecule has 4 unspecified atom stereocenters. The molecule has 1 fully saturated rings. The highest BCUT2D eigenvalue weighted by Crippen LogP contribution is 2.34. The summed E-state index contributed by atoms with van der Waals surface area (Å²) >= 11 is 0. The van der Waals surface area contributed by atoms with Gasteiger partial charge >= 0.3 is 0 Å². The zero-order valence-corrected chi connectivity index (χ0v) is 11.7. The lowest BCUT2D eigenvalue weighted by molar-refractivity contribution is 0.281. The maximum atomic E-state index is 13.0. The Morgan fingerprint density at radius 3 is 2.61 bits per heavy atom. The van der Waals surface area contributed by atoms with Crippen LogP contribution in [0.3, 0.4) is 0 Å². The van der Waals surface area contributed by atoms with Gasteiger partial charge in [0, 0.05) is 5.25 Å². The Hall–Kier alpha value is -0.900. The summed E-state index contributed by atoms with van der Waals surface area (Å²) in [7, 11) is -1.12. The van der Waals surface area contributed by atoms with Crippen LogP contribution < -0.4 is 5.73 Å². The minimum absolute atomic E-state index is 0.156. The minimum atomic E-state index is -1.12. The van der Waals surface area contributed by atoms with Crippen molar-refractivity contribution in [1.82, 2.24) is 0 Å². The monoisotopic (exact) mass is 269 g/mol. The Balaban J connectivity index is 2.16. The van der Waals surface area contributed by atoms with E-state index in [0.29, 0.717) is 22.4 Å². The lowest BCUT2D eigenvalue weighted by Gasteiger charge is -2.31. The highest BCUT2D eigenvalue weighted by molar-refractivity contribution is 7.85. The molecule has 1 aromatic rings. The lowest BCUT2D eigenvalue weighted by Crippen LogP contribution is -2.28. The number of benzene rings is 1. The Labute approximate surface area is 110 Å². The molecule has 1 aliphatic rings. The summed E-state index contributed by atoms with van der Waals surface area (Å²) in [4.78, 5) is 0.586. The molecule has 0 bridgehead atoms. The topological polar surface area (TPSA) is 43.1 Å². The van der Waals surface area contributed by atoms with Crippen LogP contribution in [0, 0.1) is 17.7 Å². The summed E-state index contributed by atoms with van der Waals surface area (Å²) in [6.45, 7) is 4.46. The van der Waals surface area contributed by atoms with E-state index in [4.69, 9.17) is 5.73 Å². The van der Waals surface area contributed by atoms with Crippen molar-refractivity contribution < 1.29 is 8.60 Å². The minimum Gasteiger partial charge on any atom is -0.398 e. The molecule has 2 N–H and O–H groups in total. The largest absolute Gasteiger partial charge is 0.398 e. The number of anilines is 1. The maximum absolute atomic E-state index is 13.0. The van der Waals surface area contributed by atoms with Crippen molar-refractivity contribution in [3.8, 4) is 0 Å². The number of hydrogen-bond donors (Lipinski definition) is 1. The standard InChI is InChI=1S/C14H20FNOS/c1-9-3-5-12(7-10(9)2)18(17)14-6-4-11(15)8-13(14)16/h4,6,8-10,12H,3,5,7,16H2,1-2H3. The van der Waals surface area contributed by atoms with Crippen molar-refractivity contribution in [3.63, 3.8) is 0 Å². The van der Waals surface area contributed by atoms with Gasteiger partial charge < -0.3 is 5.73 Å². The van der Waals surface area contributed by atoms with Gasteiger partial charge in [-0.05, 0) is 49.3 Å². The van der Waals surface area contributed by atoms with Gasteiger partial charge in [0.05, 0.1) is 21.4 Å². The summed E-state index contributed by atoms with van der Waals surface area (Å²) in [6, 6.07) is 4.14. The molecule has 0 heterocycles. The van der Waals surface area contributed by atoms with Gasteiger partial charge in [-0.25, -0.2) is 4.39 Å². The van der Waals surface area contributed by atoms with Gasteiger partial charge in [-0.2, -0.15) is 0 Å². The Morgan fingerprint density at radius 1 is 1.28 bits per heavy atom. The molecule has 0 aliphatic heterocycles. The van der Waals surface area contributed by atoms with E-state index in [2.05, 4.69) is 13.8 Å². The molecule has 100 valence electrons. The first kappa shape index (κ1) is 13.5. The SMILES string of the molecule is CC1CCC(S(=O)c2ccc(F)cc2N)CC1C. The molecule has 0 radical (unpaired) electrons. The molecule has 0 spiro atoms. The van der Waals surface area contributed by atoms with E-state index in [0.717, 1.165) is 19.3 Å². The zero-order chi connectivity index (χ0) is 13.3. The molecule has 0 aromatic heterocycles. The molecule has 1 aliphatic carbocycles. The van der Waals surface area contributed by atoms with Gasteiger partial charge in [0.1, 0.15) is 5.82 Å². The van der Waals surface area contributed by atoms with Crippen LogP contribution in [0.25, 0.3) is 0 Å². The van der Waals surface area contributed by atoms with Crippen LogP contribution in [0.4, 0.5) is 10.1 Å². The molecule has 4 heteroatoms. The molecule has 2 nitrogen and oxygen atoms in total. The highest BCUT2D eigenvalue weighted by Gasteiger charge is 2.29. The third-order valence-corrected chi connectivity index (χ3v) is 5.88. The van der Waals surface area contributed by atoms with Crippen molar-refractivity contribution in [2.45, 2.75) is 43.3 Å². The van der Waals surface area contributed by atoms with E-state index >= 15 is 0 Å². The fraction of sp³-hybridized carbons (Fsp3) is 0.571. The van der Waals surface area contributed by atoms with Gasteiger partial charge in [0.15, 0.2) is 0 Å². The van der Waals surface area contributed by atoms with Gasteiger partial charge in [0.2, 0.25) is 0 Å². The number of hydrogen-bond acceptors (Lipinski definition) is 2. The van der Waals surface area contributed by atoms with Crippen molar-refractivity contribution in [3.05, 3.63) is 24.0 Å². The molecule has 2 rings (SSSR count). The second-order valence-electron chi connectivity index (χ2n) is 5.37. The number of nitrogen functional groups attached to an aromatic ring is 1. The summed E-state index contributed by atoms with van der Waals surface area (Å²) < 4.78 is 25.5. The molecular formula is C14H20FNOS. The first-order valence-electron chi connectivity index (χ1n) is 6.44. The molecule has 4 atom stereocenters. The van der Waals surface area contributed by atoms with Crippen LogP contribution >= 0.6 is 0 Å². The van der Waals surface area contributed by atoms with Crippen LogP contribution in [-0.2, 0) is 10.8 Å². The normalized spacial score (nSPS) is 30.1. The number of halogens is 1. The Bertz CT molecular complexity index is 463. The van der Waals surface area contributed by atoms with Crippen molar-refractivity contribution in [2.75, 3.05) is 5.73 Å². The second kappa shape index (κ2) is 5.39. The van der Waals surface area contributed by atoms with Crippen LogP contribution in [0.5, 0.6) is 0 Å². The fourth-order valence-corrected chi connectivity index (χ4v) is 4.26. The third kappa shape index (κ3) is 2.74. The molecule has 1 saturated carbocycles. The molecule has 18 heavy (non-hydrogen) atoms. The van der Waals surface area contributed by atoms with Gasteiger partial charge in [-0.3, -0.25) is 4.21 Å². The Kier molecular flexibility index (Phi) is 4.05. The smallest absolute Gasteiger partial charge is 0.125 e. The molecule has 1 aromatic carbocycles. The number of nitrogens with two attached hydrogens (primary N) is 1. The van der Waals surface area contributed by atoms with E-state index in [-0.39, 0.29) is 11.1 Å². The summed E-state index contributed by atoms with van der Waals surface area (Å²) in [5.74, 6) is 0.914. The predicted octanol–water partition coefficient (Wildman–Crippen LogP) is 3.34. The second-order valence-corrected chi connectivity index (χ2v) is 7.07. The van der Waals surface area contributed by atoms with E-state index in [9.17, 15) is 8.60 Å². The maximum Gasteiger partial charge on any atom is 0.125 e. The Morgan fingerprint density at radius 2 is 2.00 bits per heavy atom. The molecular weight excluding hydrogens is 249 g/mol. The predicted molar refractivity (Wildman–Crippen MR) is 73.2 cm³/mol. The fourth-order valence-electron chi connectivity index (χ4n) is 2.57. The zero-order valence-electron chi connectivity index (χ0n) is 10.9.